The number of benzene rings is 1. The molecule has 0 aliphatic heterocycles. The quantitative estimate of drug-likeness (QED) is 0.682. The van der Waals surface area contributed by atoms with Crippen molar-refractivity contribution in [3.05, 3.63) is 57.4 Å². The Kier molecular flexibility index (Phi) is 3.53. The van der Waals surface area contributed by atoms with Gasteiger partial charge in [0.05, 0.1) is 15.6 Å². The molecule has 0 saturated carbocycles. The maximum atomic E-state index is 10.6. The van der Waals surface area contributed by atoms with Gasteiger partial charge in [-0.3, -0.25) is 10.1 Å². The second kappa shape index (κ2) is 5.10. The topological polar surface area (TPSA) is 60.1 Å². The highest BCUT2D eigenvalue weighted by Gasteiger charge is 2.09. The fourth-order valence-electron chi connectivity index (χ4n) is 1.62. The van der Waals surface area contributed by atoms with Crippen molar-refractivity contribution in [1.82, 2.24) is 4.57 Å². The molecule has 0 spiro atoms. The molecule has 1 aromatic heterocycles. The van der Waals surface area contributed by atoms with Crippen molar-refractivity contribution in [3.8, 4) is 0 Å². The Morgan fingerprint density at radius 1 is 1.44 bits per heavy atom. The molecule has 2 rings (SSSR count). The first-order valence-electron chi connectivity index (χ1n) is 5.35. The lowest BCUT2D eigenvalue weighted by molar-refractivity contribution is -0.384. The van der Waals surface area contributed by atoms with Gasteiger partial charge in [-0.05, 0) is 17.7 Å². The van der Waals surface area contributed by atoms with E-state index in [1.165, 1.54) is 12.1 Å². The van der Waals surface area contributed by atoms with Crippen molar-refractivity contribution in [1.29, 1.82) is 0 Å². The third-order valence-electron chi connectivity index (χ3n) is 2.54. The minimum Gasteiger partial charge on any atom is -0.380 e. The Balaban J connectivity index is 2.08. The molecule has 6 heteroatoms. The number of hydrogen-bond donors (Lipinski definition) is 1. The van der Waals surface area contributed by atoms with E-state index in [0.717, 1.165) is 5.56 Å². The van der Waals surface area contributed by atoms with Crippen LogP contribution in [-0.4, -0.2) is 9.49 Å². The summed E-state index contributed by atoms with van der Waals surface area (Å²) in [5.41, 5.74) is 1.79. The smallest absolute Gasteiger partial charge is 0.271 e. The van der Waals surface area contributed by atoms with E-state index in [4.69, 9.17) is 11.6 Å². The van der Waals surface area contributed by atoms with E-state index in [1.54, 1.807) is 6.07 Å². The van der Waals surface area contributed by atoms with E-state index >= 15 is 0 Å². The Morgan fingerprint density at radius 3 is 2.78 bits per heavy atom. The number of anilines is 1. The first-order chi connectivity index (χ1) is 8.56. The number of nitrogens with one attached hydrogen (secondary N) is 1. The van der Waals surface area contributed by atoms with Gasteiger partial charge in [-0.1, -0.05) is 11.6 Å². The van der Waals surface area contributed by atoms with E-state index in [9.17, 15) is 10.1 Å². The summed E-state index contributed by atoms with van der Waals surface area (Å²) in [5, 5.41) is 14.1. The molecule has 1 N–H and O–H groups in total. The van der Waals surface area contributed by atoms with Crippen LogP contribution in [0.2, 0.25) is 5.02 Å². The zero-order chi connectivity index (χ0) is 13.1. The molecule has 0 fully saturated rings. The number of nitrogens with zero attached hydrogens (tertiary/aromatic N) is 2. The molecule has 2 aromatic rings. The summed E-state index contributed by atoms with van der Waals surface area (Å²) < 4.78 is 1.95. The summed E-state index contributed by atoms with van der Waals surface area (Å²) in [7, 11) is 1.95. The zero-order valence-corrected chi connectivity index (χ0v) is 10.5. The lowest BCUT2D eigenvalue weighted by atomic mass is 10.2. The standard InChI is InChI=1S/C12H12ClN3O2/c1-15-5-4-9(8-15)7-14-12-3-2-10(16(17)18)6-11(12)13/h2-6,8,14H,7H2,1H3. The summed E-state index contributed by atoms with van der Waals surface area (Å²) in [6.45, 7) is 0.623. The maximum Gasteiger partial charge on any atom is 0.271 e. The van der Waals surface area contributed by atoms with Gasteiger partial charge < -0.3 is 9.88 Å². The fraction of sp³-hybridized carbons (Fsp3) is 0.167. The van der Waals surface area contributed by atoms with Crippen molar-refractivity contribution in [2.45, 2.75) is 6.54 Å². The van der Waals surface area contributed by atoms with Crippen molar-refractivity contribution >= 4 is 23.0 Å². The summed E-state index contributed by atoms with van der Waals surface area (Å²) in [6, 6.07) is 6.38. The Hall–Kier alpha value is -2.01. The predicted octanol–water partition coefficient (Wildman–Crippen LogP) is 3.20. The van der Waals surface area contributed by atoms with E-state index in [1.807, 2.05) is 30.1 Å². The first-order valence-corrected chi connectivity index (χ1v) is 5.73. The molecule has 0 atom stereocenters. The van der Waals surface area contributed by atoms with Crippen LogP contribution in [0.25, 0.3) is 0 Å². The van der Waals surface area contributed by atoms with Gasteiger partial charge in [0.1, 0.15) is 0 Å². The highest BCUT2D eigenvalue weighted by Crippen LogP contribution is 2.26. The van der Waals surface area contributed by atoms with Gasteiger partial charge >= 0.3 is 0 Å². The Bertz CT molecular complexity index is 580. The lowest BCUT2D eigenvalue weighted by Gasteiger charge is -2.06. The molecular weight excluding hydrogens is 254 g/mol. The summed E-state index contributed by atoms with van der Waals surface area (Å²) >= 11 is 5.97. The number of nitro groups is 1. The predicted molar refractivity (Wildman–Crippen MR) is 70.8 cm³/mol. The van der Waals surface area contributed by atoms with Gasteiger partial charge in [0.25, 0.3) is 5.69 Å². The lowest BCUT2D eigenvalue weighted by Crippen LogP contribution is -1.99. The van der Waals surface area contributed by atoms with Gasteiger partial charge in [-0.15, -0.1) is 0 Å². The molecule has 0 saturated heterocycles. The molecule has 0 amide bonds. The van der Waals surface area contributed by atoms with Gasteiger partial charge in [0.2, 0.25) is 0 Å². The molecule has 5 nitrogen and oxygen atoms in total. The second-order valence-corrected chi connectivity index (χ2v) is 4.37. The largest absolute Gasteiger partial charge is 0.380 e. The fourth-order valence-corrected chi connectivity index (χ4v) is 1.87. The third kappa shape index (κ3) is 2.81. The molecule has 18 heavy (non-hydrogen) atoms. The van der Waals surface area contributed by atoms with Crippen molar-refractivity contribution < 1.29 is 4.92 Å². The number of aromatic nitrogens is 1. The number of hydrogen-bond acceptors (Lipinski definition) is 3. The van der Waals surface area contributed by atoms with Crippen LogP contribution in [0.3, 0.4) is 0 Å². The zero-order valence-electron chi connectivity index (χ0n) is 9.76. The minimum absolute atomic E-state index is 0.00902. The Labute approximate surface area is 109 Å². The monoisotopic (exact) mass is 265 g/mol. The number of non-ortho nitro benzene ring substituents is 1. The van der Waals surface area contributed by atoms with Gasteiger partial charge in [-0.2, -0.15) is 0 Å². The van der Waals surface area contributed by atoms with Crippen LogP contribution < -0.4 is 5.32 Å². The highest BCUT2D eigenvalue weighted by atomic mass is 35.5. The number of nitro benzene ring substituents is 1. The van der Waals surface area contributed by atoms with Crippen LogP contribution in [0, 0.1) is 10.1 Å². The maximum absolute atomic E-state index is 10.6. The van der Waals surface area contributed by atoms with Crippen molar-refractivity contribution in [2.75, 3.05) is 5.32 Å². The normalized spacial score (nSPS) is 10.3. The summed E-state index contributed by atoms with van der Waals surface area (Å²) in [6.07, 6.45) is 3.95. The number of halogens is 1. The average molecular weight is 266 g/mol. The van der Waals surface area contributed by atoms with Crippen LogP contribution in [0.5, 0.6) is 0 Å². The Morgan fingerprint density at radius 2 is 2.22 bits per heavy atom. The van der Waals surface area contributed by atoms with E-state index in [2.05, 4.69) is 5.32 Å². The second-order valence-electron chi connectivity index (χ2n) is 3.96. The third-order valence-corrected chi connectivity index (χ3v) is 2.85. The molecule has 0 unspecified atom stereocenters. The first kappa shape index (κ1) is 12.4. The molecule has 0 radical (unpaired) electrons. The summed E-state index contributed by atoms with van der Waals surface area (Å²) in [4.78, 5) is 10.1. The average Bonchev–Trinajstić information content (AvgIpc) is 2.73. The van der Waals surface area contributed by atoms with Crippen LogP contribution in [0.1, 0.15) is 5.56 Å². The molecule has 1 heterocycles. The van der Waals surface area contributed by atoms with Crippen LogP contribution >= 0.6 is 11.6 Å². The molecule has 0 aliphatic rings. The molecule has 94 valence electrons. The van der Waals surface area contributed by atoms with Crippen molar-refractivity contribution in [3.63, 3.8) is 0 Å². The van der Waals surface area contributed by atoms with E-state index in [0.29, 0.717) is 17.3 Å². The van der Waals surface area contributed by atoms with Gasteiger partial charge in [-0.25, -0.2) is 0 Å². The van der Waals surface area contributed by atoms with Gasteiger partial charge in [0, 0.05) is 38.1 Å². The molecule has 1 aromatic carbocycles. The molecule has 0 aliphatic carbocycles. The van der Waals surface area contributed by atoms with Crippen LogP contribution in [-0.2, 0) is 13.6 Å². The van der Waals surface area contributed by atoms with Crippen LogP contribution in [0.4, 0.5) is 11.4 Å². The summed E-state index contributed by atoms with van der Waals surface area (Å²) in [5.74, 6) is 0. The molecule has 0 bridgehead atoms. The van der Waals surface area contributed by atoms with Crippen LogP contribution in [0.15, 0.2) is 36.7 Å². The van der Waals surface area contributed by atoms with Crippen molar-refractivity contribution in [2.24, 2.45) is 7.05 Å². The minimum atomic E-state index is -0.465. The van der Waals surface area contributed by atoms with E-state index < -0.39 is 4.92 Å². The highest BCUT2D eigenvalue weighted by molar-refractivity contribution is 6.33. The molecular formula is C12H12ClN3O2. The van der Waals surface area contributed by atoms with E-state index in [-0.39, 0.29) is 5.69 Å². The van der Waals surface area contributed by atoms with Gasteiger partial charge in [0.15, 0.2) is 0 Å². The number of rotatable bonds is 4. The number of aryl methyl sites for hydroxylation is 1. The SMILES string of the molecule is Cn1ccc(CNc2ccc([N+](=O)[O-])cc2Cl)c1.